The normalized spacial score (nSPS) is 10.4. The molecule has 0 spiro atoms. The first-order valence-electron chi connectivity index (χ1n) is 6.56. The average molecular weight is 354 g/mol. The van der Waals surface area contributed by atoms with E-state index in [0.29, 0.717) is 21.6 Å². The van der Waals surface area contributed by atoms with E-state index in [2.05, 4.69) is 15.3 Å². The number of nitrogens with one attached hydrogen (secondary N) is 1. The van der Waals surface area contributed by atoms with Gasteiger partial charge < -0.3 is 21.5 Å². The van der Waals surface area contributed by atoms with Crippen molar-refractivity contribution in [1.29, 1.82) is 0 Å². The molecule has 1 amide bonds. The first-order valence-corrected chi connectivity index (χ1v) is 7.92. The van der Waals surface area contributed by atoms with Gasteiger partial charge in [-0.05, 0) is 18.6 Å². The van der Waals surface area contributed by atoms with Crippen LogP contribution in [0.4, 0.5) is 17.3 Å². The second kappa shape index (κ2) is 7.38. The minimum absolute atomic E-state index is 0.105. The quantitative estimate of drug-likeness (QED) is 0.558. The Labute approximate surface area is 142 Å². The van der Waals surface area contributed by atoms with Crippen molar-refractivity contribution in [3.63, 3.8) is 0 Å². The Morgan fingerprint density at radius 2 is 1.96 bits per heavy atom. The fraction of sp³-hybridized carbons (Fsp3) is 0.214. The van der Waals surface area contributed by atoms with Crippen LogP contribution in [0.3, 0.4) is 0 Å². The van der Waals surface area contributed by atoms with Crippen LogP contribution in [0, 0.1) is 6.92 Å². The van der Waals surface area contributed by atoms with Gasteiger partial charge in [0.1, 0.15) is 17.4 Å². The van der Waals surface area contributed by atoms with Gasteiger partial charge in [0.15, 0.2) is 5.16 Å². The van der Waals surface area contributed by atoms with E-state index < -0.39 is 0 Å². The van der Waals surface area contributed by atoms with Gasteiger partial charge in [-0.2, -0.15) is 0 Å². The van der Waals surface area contributed by atoms with Crippen molar-refractivity contribution in [3.05, 3.63) is 28.8 Å². The molecule has 0 fully saturated rings. The smallest absolute Gasteiger partial charge is 0.234 e. The Morgan fingerprint density at radius 3 is 2.57 bits per heavy atom. The maximum atomic E-state index is 12.1. The van der Waals surface area contributed by atoms with Crippen molar-refractivity contribution in [2.45, 2.75) is 12.1 Å². The first kappa shape index (κ1) is 17.2. The van der Waals surface area contributed by atoms with Gasteiger partial charge in [-0.1, -0.05) is 23.4 Å². The highest BCUT2D eigenvalue weighted by Gasteiger charge is 2.12. The van der Waals surface area contributed by atoms with E-state index in [1.807, 2.05) is 6.92 Å². The lowest BCUT2D eigenvalue weighted by Gasteiger charge is -2.12. The van der Waals surface area contributed by atoms with Gasteiger partial charge in [0.05, 0.1) is 18.6 Å². The van der Waals surface area contributed by atoms with Crippen molar-refractivity contribution < 1.29 is 9.53 Å². The zero-order valence-corrected chi connectivity index (χ0v) is 14.2. The lowest BCUT2D eigenvalue weighted by molar-refractivity contribution is -0.113. The maximum Gasteiger partial charge on any atom is 0.234 e. The highest BCUT2D eigenvalue weighted by atomic mass is 35.5. The van der Waals surface area contributed by atoms with Crippen LogP contribution < -0.4 is 21.5 Å². The van der Waals surface area contributed by atoms with Crippen LogP contribution in [0.15, 0.2) is 23.4 Å². The molecule has 0 saturated heterocycles. The predicted molar refractivity (Wildman–Crippen MR) is 93.0 cm³/mol. The molecule has 9 heteroatoms. The van der Waals surface area contributed by atoms with E-state index in [9.17, 15) is 4.79 Å². The molecule has 0 saturated carbocycles. The minimum Gasteiger partial charge on any atom is -0.495 e. The standard InChI is InChI=1S/C14H16ClN5O2S/c1-7-3-9(10(22-2)4-8(7)15)18-13(21)6-23-14-19-11(16)5-12(17)20-14/h3-5H,6H2,1-2H3,(H,18,21)(H4,16,17,19,20). The molecule has 0 radical (unpaired) electrons. The molecule has 2 rings (SSSR count). The average Bonchev–Trinajstić information content (AvgIpc) is 2.47. The number of methoxy groups -OCH3 is 1. The number of carbonyl (C=O) groups is 1. The van der Waals surface area contributed by atoms with Gasteiger partial charge in [0.2, 0.25) is 5.91 Å². The summed E-state index contributed by atoms with van der Waals surface area (Å²) in [6.07, 6.45) is 0. The number of hydrogen-bond donors (Lipinski definition) is 3. The number of ether oxygens (including phenoxy) is 1. The van der Waals surface area contributed by atoms with Gasteiger partial charge in [-0.15, -0.1) is 0 Å². The molecule has 7 nitrogen and oxygen atoms in total. The summed E-state index contributed by atoms with van der Waals surface area (Å²) >= 11 is 7.17. The number of anilines is 3. The first-order chi connectivity index (χ1) is 10.9. The second-order valence-electron chi connectivity index (χ2n) is 4.64. The molecule has 5 N–H and O–H groups in total. The summed E-state index contributed by atoms with van der Waals surface area (Å²) in [6, 6.07) is 4.85. The fourth-order valence-corrected chi connectivity index (χ4v) is 2.60. The molecule has 0 unspecified atom stereocenters. The summed E-state index contributed by atoms with van der Waals surface area (Å²) < 4.78 is 5.21. The van der Waals surface area contributed by atoms with Crippen LogP contribution in [-0.2, 0) is 4.79 Å². The van der Waals surface area contributed by atoms with E-state index in [1.165, 1.54) is 13.2 Å². The predicted octanol–water partition coefficient (Wildman–Crippen LogP) is 2.34. The van der Waals surface area contributed by atoms with Crippen molar-refractivity contribution in [2.75, 3.05) is 29.6 Å². The number of nitrogens with zero attached hydrogens (tertiary/aromatic N) is 2. The van der Waals surface area contributed by atoms with Gasteiger partial charge >= 0.3 is 0 Å². The minimum atomic E-state index is -0.236. The number of amides is 1. The molecular formula is C14H16ClN5O2S. The largest absolute Gasteiger partial charge is 0.495 e. The molecule has 122 valence electrons. The van der Waals surface area contributed by atoms with Crippen molar-refractivity contribution in [1.82, 2.24) is 9.97 Å². The summed E-state index contributed by atoms with van der Waals surface area (Å²) in [4.78, 5) is 20.1. The zero-order valence-electron chi connectivity index (χ0n) is 12.6. The summed E-state index contributed by atoms with van der Waals surface area (Å²) in [7, 11) is 1.51. The van der Waals surface area contributed by atoms with Crippen molar-refractivity contribution in [3.8, 4) is 5.75 Å². The van der Waals surface area contributed by atoms with E-state index in [1.54, 1.807) is 12.1 Å². The summed E-state index contributed by atoms with van der Waals surface area (Å²) in [5, 5.41) is 3.68. The maximum absolute atomic E-state index is 12.1. The Balaban J connectivity index is 2.04. The third-order valence-corrected chi connectivity index (χ3v) is 4.09. The Kier molecular flexibility index (Phi) is 5.51. The molecule has 0 bridgehead atoms. The molecule has 0 atom stereocenters. The van der Waals surface area contributed by atoms with E-state index in [0.717, 1.165) is 17.3 Å². The highest BCUT2D eigenvalue weighted by Crippen LogP contribution is 2.31. The van der Waals surface area contributed by atoms with Crippen LogP contribution in [0.5, 0.6) is 5.75 Å². The number of hydrogen-bond acceptors (Lipinski definition) is 7. The number of thioether (sulfide) groups is 1. The molecule has 1 heterocycles. The molecule has 23 heavy (non-hydrogen) atoms. The number of halogens is 1. The Bertz CT molecular complexity index is 721. The van der Waals surface area contributed by atoms with Gasteiger partial charge in [0.25, 0.3) is 0 Å². The number of carbonyl (C=O) groups excluding carboxylic acids is 1. The van der Waals surface area contributed by atoms with Crippen LogP contribution in [0.2, 0.25) is 5.02 Å². The molecule has 0 aliphatic rings. The van der Waals surface area contributed by atoms with Crippen molar-refractivity contribution >= 4 is 46.6 Å². The van der Waals surface area contributed by atoms with Gasteiger partial charge in [-0.3, -0.25) is 4.79 Å². The molecule has 1 aromatic heterocycles. The van der Waals surface area contributed by atoms with E-state index in [4.69, 9.17) is 27.8 Å². The van der Waals surface area contributed by atoms with Gasteiger partial charge in [0, 0.05) is 17.2 Å². The number of nitrogens with two attached hydrogens (primary N) is 2. The lowest BCUT2D eigenvalue weighted by atomic mass is 10.2. The Hall–Kier alpha value is -2.19. The van der Waals surface area contributed by atoms with Crippen molar-refractivity contribution in [2.24, 2.45) is 0 Å². The van der Waals surface area contributed by atoms with Crippen LogP contribution in [0.1, 0.15) is 5.56 Å². The van der Waals surface area contributed by atoms with E-state index in [-0.39, 0.29) is 23.3 Å². The number of aryl methyl sites for hydroxylation is 1. The molecule has 1 aromatic carbocycles. The summed E-state index contributed by atoms with van der Waals surface area (Å²) in [5.74, 6) is 0.877. The number of nitrogen functional groups attached to an aromatic ring is 2. The Morgan fingerprint density at radius 1 is 1.30 bits per heavy atom. The van der Waals surface area contributed by atoms with E-state index >= 15 is 0 Å². The molecular weight excluding hydrogens is 338 g/mol. The number of aromatic nitrogens is 2. The molecule has 0 aliphatic carbocycles. The number of rotatable bonds is 5. The van der Waals surface area contributed by atoms with Crippen LogP contribution in [-0.4, -0.2) is 28.7 Å². The summed E-state index contributed by atoms with van der Waals surface area (Å²) in [5.41, 5.74) is 12.6. The molecule has 2 aromatic rings. The fourth-order valence-electron chi connectivity index (χ4n) is 1.77. The topological polar surface area (TPSA) is 116 Å². The third-order valence-electron chi connectivity index (χ3n) is 2.83. The monoisotopic (exact) mass is 353 g/mol. The van der Waals surface area contributed by atoms with Gasteiger partial charge in [-0.25, -0.2) is 9.97 Å². The lowest BCUT2D eigenvalue weighted by Crippen LogP contribution is -2.15. The summed E-state index contributed by atoms with van der Waals surface area (Å²) in [6.45, 7) is 1.84. The molecule has 0 aliphatic heterocycles. The zero-order chi connectivity index (χ0) is 17.0. The van der Waals surface area contributed by atoms with Crippen LogP contribution >= 0.6 is 23.4 Å². The number of benzene rings is 1. The second-order valence-corrected chi connectivity index (χ2v) is 5.99. The SMILES string of the molecule is COc1cc(Cl)c(C)cc1NC(=O)CSc1nc(N)cc(N)n1. The van der Waals surface area contributed by atoms with Crippen LogP contribution in [0.25, 0.3) is 0 Å². The highest BCUT2D eigenvalue weighted by molar-refractivity contribution is 7.99. The third kappa shape index (κ3) is 4.64.